The fraction of sp³-hybridized carbons (Fsp3) is 0.467. The van der Waals surface area contributed by atoms with Gasteiger partial charge in [-0.1, -0.05) is 32.9 Å². The highest BCUT2D eigenvalue weighted by atomic mass is 79.9. The van der Waals surface area contributed by atoms with E-state index in [1.807, 2.05) is 11.3 Å². The molecule has 3 heteroatoms. The molecule has 0 saturated heterocycles. The summed E-state index contributed by atoms with van der Waals surface area (Å²) in [5, 5.41) is 4.97. The fourth-order valence-corrected chi connectivity index (χ4v) is 4.06. The number of rotatable bonds is 5. The summed E-state index contributed by atoms with van der Waals surface area (Å²) < 4.78 is 2.60. The van der Waals surface area contributed by atoms with Crippen molar-refractivity contribution in [3.05, 3.63) is 33.1 Å². The van der Waals surface area contributed by atoms with Crippen LogP contribution in [0.25, 0.3) is 10.1 Å². The first-order valence-corrected chi connectivity index (χ1v) is 8.14. The summed E-state index contributed by atoms with van der Waals surface area (Å²) in [6.07, 6.45) is 1.11. The summed E-state index contributed by atoms with van der Waals surface area (Å²) in [5.74, 6) is 0.705. The molecule has 1 heterocycles. The van der Waals surface area contributed by atoms with Gasteiger partial charge >= 0.3 is 0 Å². The Morgan fingerprint density at radius 2 is 2.11 bits per heavy atom. The molecule has 0 amide bonds. The molecule has 1 nitrogen and oxygen atoms in total. The lowest BCUT2D eigenvalue weighted by Crippen LogP contribution is -2.18. The van der Waals surface area contributed by atoms with Crippen LogP contribution < -0.4 is 5.32 Å². The number of aryl methyl sites for hydroxylation is 1. The van der Waals surface area contributed by atoms with Crippen molar-refractivity contribution in [2.75, 3.05) is 6.54 Å². The molecule has 1 aromatic heterocycles. The zero-order valence-corrected chi connectivity index (χ0v) is 13.6. The third-order valence-electron chi connectivity index (χ3n) is 3.05. The van der Waals surface area contributed by atoms with Gasteiger partial charge in [0.25, 0.3) is 0 Å². The Hall–Kier alpha value is -0.380. The molecule has 2 aromatic rings. The van der Waals surface area contributed by atoms with E-state index in [0.29, 0.717) is 5.92 Å². The van der Waals surface area contributed by atoms with E-state index in [1.54, 1.807) is 0 Å². The zero-order chi connectivity index (χ0) is 13.1. The van der Waals surface area contributed by atoms with Gasteiger partial charge in [0.1, 0.15) is 0 Å². The topological polar surface area (TPSA) is 12.0 Å². The van der Waals surface area contributed by atoms with E-state index in [2.05, 4.69) is 60.2 Å². The van der Waals surface area contributed by atoms with E-state index in [1.165, 1.54) is 25.0 Å². The monoisotopic (exact) mass is 325 g/mol. The minimum atomic E-state index is 0.705. The van der Waals surface area contributed by atoms with Crippen molar-refractivity contribution in [1.82, 2.24) is 5.32 Å². The molecule has 0 aliphatic carbocycles. The quantitative estimate of drug-likeness (QED) is 0.818. The Morgan fingerprint density at radius 3 is 2.78 bits per heavy atom. The van der Waals surface area contributed by atoms with Crippen molar-refractivity contribution in [2.24, 2.45) is 5.92 Å². The zero-order valence-electron chi connectivity index (χ0n) is 11.2. The minimum absolute atomic E-state index is 0.705. The van der Waals surface area contributed by atoms with Crippen LogP contribution in [-0.4, -0.2) is 6.54 Å². The van der Waals surface area contributed by atoms with Crippen LogP contribution in [0.3, 0.4) is 0 Å². The summed E-state index contributed by atoms with van der Waals surface area (Å²) >= 11 is 5.57. The van der Waals surface area contributed by atoms with Crippen LogP contribution in [0.15, 0.2) is 22.7 Å². The third-order valence-corrected chi connectivity index (χ3v) is 5.25. The summed E-state index contributed by atoms with van der Waals surface area (Å²) in [7, 11) is 0. The highest BCUT2D eigenvalue weighted by molar-refractivity contribution is 9.10. The molecule has 0 radical (unpaired) electrons. The lowest BCUT2D eigenvalue weighted by atomic mass is 10.1. The minimum Gasteiger partial charge on any atom is -0.312 e. The first-order valence-electron chi connectivity index (χ1n) is 6.53. The van der Waals surface area contributed by atoms with E-state index in [-0.39, 0.29) is 0 Å². The Morgan fingerprint density at radius 1 is 1.33 bits per heavy atom. The molecule has 1 N–H and O–H groups in total. The number of fused-ring (bicyclic) bond motifs is 1. The molecule has 18 heavy (non-hydrogen) atoms. The number of halogens is 1. The van der Waals surface area contributed by atoms with Crippen molar-refractivity contribution in [3.63, 3.8) is 0 Å². The molecule has 0 aliphatic rings. The lowest BCUT2D eigenvalue weighted by molar-refractivity contribution is 0.554. The maximum atomic E-state index is 3.65. The summed E-state index contributed by atoms with van der Waals surface area (Å²) in [5.41, 5.74) is 1.51. The van der Waals surface area contributed by atoms with Crippen LogP contribution in [0.1, 0.15) is 31.2 Å². The molecule has 0 fully saturated rings. The molecule has 0 saturated carbocycles. The molecule has 0 unspecified atom stereocenters. The summed E-state index contributed by atoms with van der Waals surface area (Å²) in [6, 6.07) is 6.49. The first-order chi connectivity index (χ1) is 8.63. The smallest absolute Gasteiger partial charge is 0.0491 e. The van der Waals surface area contributed by atoms with Crippen LogP contribution in [0, 0.1) is 5.92 Å². The van der Waals surface area contributed by atoms with Gasteiger partial charge in [-0.2, -0.15) is 0 Å². The molecule has 1 aromatic carbocycles. The van der Waals surface area contributed by atoms with Crippen molar-refractivity contribution >= 4 is 37.4 Å². The average Bonchev–Trinajstić information content (AvgIpc) is 2.68. The van der Waals surface area contributed by atoms with Gasteiger partial charge in [-0.05, 0) is 51.8 Å². The maximum absolute atomic E-state index is 3.65. The van der Waals surface area contributed by atoms with Gasteiger partial charge < -0.3 is 5.32 Å². The summed E-state index contributed by atoms with van der Waals surface area (Å²) in [4.78, 5) is 1.49. The Bertz CT molecular complexity index is 531. The van der Waals surface area contributed by atoms with Gasteiger partial charge in [-0.25, -0.2) is 0 Å². The number of hydrogen-bond acceptors (Lipinski definition) is 2. The standard InChI is InChI=1S/C15H20BrNS/c1-4-11-12-6-5-7-13(16)15(12)18-14(11)9-17-8-10(2)3/h5-7,10,17H,4,8-9H2,1-3H3. The van der Waals surface area contributed by atoms with Gasteiger partial charge in [-0.15, -0.1) is 11.3 Å². The van der Waals surface area contributed by atoms with E-state index < -0.39 is 0 Å². The highest BCUT2D eigenvalue weighted by Crippen LogP contribution is 2.36. The first kappa shape index (κ1) is 14.0. The third kappa shape index (κ3) is 2.95. The van der Waals surface area contributed by atoms with Gasteiger partial charge in [-0.3, -0.25) is 0 Å². The van der Waals surface area contributed by atoms with Gasteiger partial charge in [0.15, 0.2) is 0 Å². The van der Waals surface area contributed by atoms with E-state index in [0.717, 1.165) is 19.5 Å². The lowest BCUT2D eigenvalue weighted by Gasteiger charge is -2.07. The molecule has 0 bridgehead atoms. The number of benzene rings is 1. The van der Waals surface area contributed by atoms with Crippen molar-refractivity contribution in [1.29, 1.82) is 0 Å². The SMILES string of the molecule is CCc1c(CNCC(C)C)sc2c(Br)cccc12. The van der Waals surface area contributed by atoms with Gasteiger partial charge in [0, 0.05) is 20.6 Å². The normalized spacial score (nSPS) is 11.6. The molecule has 0 aliphatic heterocycles. The molecule has 0 spiro atoms. The molecular formula is C15H20BrNS. The number of nitrogens with one attached hydrogen (secondary N) is 1. The van der Waals surface area contributed by atoms with Gasteiger partial charge in [0.05, 0.1) is 0 Å². The van der Waals surface area contributed by atoms with E-state index in [4.69, 9.17) is 0 Å². The van der Waals surface area contributed by atoms with Crippen molar-refractivity contribution in [3.8, 4) is 0 Å². The Kier molecular flexibility index (Phi) is 4.82. The van der Waals surface area contributed by atoms with Crippen LogP contribution >= 0.6 is 27.3 Å². The second kappa shape index (κ2) is 6.18. The van der Waals surface area contributed by atoms with Crippen LogP contribution in [-0.2, 0) is 13.0 Å². The summed E-state index contributed by atoms with van der Waals surface area (Å²) in [6.45, 7) is 8.81. The predicted molar refractivity (Wildman–Crippen MR) is 85.4 cm³/mol. The maximum Gasteiger partial charge on any atom is 0.0491 e. The van der Waals surface area contributed by atoms with Crippen LogP contribution in [0.4, 0.5) is 0 Å². The van der Waals surface area contributed by atoms with Crippen molar-refractivity contribution < 1.29 is 0 Å². The Labute approximate surface area is 122 Å². The number of hydrogen-bond donors (Lipinski definition) is 1. The molecular weight excluding hydrogens is 306 g/mol. The second-order valence-corrected chi connectivity index (χ2v) is 6.96. The second-order valence-electron chi connectivity index (χ2n) is 5.00. The largest absolute Gasteiger partial charge is 0.312 e. The van der Waals surface area contributed by atoms with Crippen LogP contribution in [0.2, 0.25) is 0 Å². The predicted octanol–water partition coefficient (Wildman–Crippen LogP) is 4.97. The molecule has 98 valence electrons. The highest BCUT2D eigenvalue weighted by Gasteiger charge is 2.12. The Balaban J connectivity index is 2.29. The average molecular weight is 326 g/mol. The molecule has 2 rings (SSSR count). The van der Waals surface area contributed by atoms with E-state index >= 15 is 0 Å². The van der Waals surface area contributed by atoms with Gasteiger partial charge in [0.2, 0.25) is 0 Å². The van der Waals surface area contributed by atoms with E-state index in [9.17, 15) is 0 Å². The van der Waals surface area contributed by atoms with Crippen LogP contribution in [0.5, 0.6) is 0 Å². The molecule has 0 atom stereocenters. The number of thiophene rings is 1. The van der Waals surface area contributed by atoms with Crippen molar-refractivity contribution in [2.45, 2.75) is 33.7 Å². The fourth-order valence-electron chi connectivity index (χ4n) is 2.19.